The quantitative estimate of drug-likeness (QED) is 0.788. The van der Waals surface area contributed by atoms with Crippen LogP contribution in [0.25, 0.3) is 0 Å². The summed E-state index contributed by atoms with van der Waals surface area (Å²) < 4.78 is 0. The summed E-state index contributed by atoms with van der Waals surface area (Å²) in [4.78, 5) is 21.5. The van der Waals surface area contributed by atoms with E-state index < -0.39 is 0 Å². The molecule has 3 heterocycles. The largest absolute Gasteiger partial charge is 0.333 e. The Bertz CT molecular complexity index is 379. The lowest BCUT2D eigenvalue weighted by Gasteiger charge is -2.28. The summed E-state index contributed by atoms with van der Waals surface area (Å²) in [7, 11) is 0. The van der Waals surface area contributed by atoms with E-state index in [9.17, 15) is 4.79 Å². The Labute approximate surface area is 119 Å². The van der Waals surface area contributed by atoms with E-state index in [4.69, 9.17) is 0 Å². The first-order valence-electron chi connectivity index (χ1n) is 7.48. The van der Waals surface area contributed by atoms with Crippen molar-refractivity contribution in [2.75, 3.05) is 32.7 Å². The van der Waals surface area contributed by atoms with Gasteiger partial charge in [0.25, 0.3) is 5.91 Å². The van der Waals surface area contributed by atoms with Crippen molar-refractivity contribution in [3.8, 4) is 0 Å². The molecule has 2 saturated heterocycles. The number of thioether (sulfide) groups is 1. The van der Waals surface area contributed by atoms with Crippen molar-refractivity contribution >= 4 is 22.7 Å². The van der Waals surface area contributed by atoms with Gasteiger partial charge in [-0.3, -0.25) is 9.79 Å². The second kappa shape index (κ2) is 5.83. The summed E-state index contributed by atoms with van der Waals surface area (Å²) in [5.41, 5.74) is 0. The lowest BCUT2D eigenvalue weighted by atomic mass is 10.2. The fourth-order valence-electron chi connectivity index (χ4n) is 3.27. The topological polar surface area (TPSA) is 35.9 Å². The Morgan fingerprint density at radius 2 is 2.11 bits per heavy atom. The minimum Gasteiger partial charge on any atom is -0.333 e. The molecule has 2 atom stereocenters. The zero-order chi connectivity index (χ0) is 13.2. The SMILES string of the molecule is CC1CN=C(C(=O)N2CCC[C@@H]2CN2CCCC2)S1. The molecule has 0 bridgehead atoms. The molecule has 1 amide bonds. The standard InChI is InChI=1S/C14H23N3OS/c1-11-9-15-13(19-11)14(18)17-8-4-5-12(17)10-16-6-2-3-7-16/h11-12H,2-10H2,1H3/t11?,12-/m1/s1. The number of rotatable bonds is 3. The summed E-state index contributed by atoms with van der Waals surface area (Å²) in [6.45, 7) is 7.36. The van der Waals surface area contributed by atoms with Gasteiger partial charge in [-0.05, 0) is 38.8 Å². The van der Waals surface area contributed by atoms with Crippen LogP contribution in [-0.2, 0) is 4.79 Å². The van der Waals surface area contributed by atoms with Gasteiger partial charge in [0.05, 0.1) is 6.54 Å². The molecule has 0 radical (unpaired) electrons. The van der Waals surface area contributed by atoms with Crippen molar-refractivity contribution in [3.05, 3.63) is 0 Å². The van der Waals surface area contributed by atoms with E-state index in [0.29, 0.717) is 11.3 Å². The normalized spacial score (nSPS) is 32.1. The molecule has 0 saturated carbocycles. The molecule has 5 heteroatoms. The summed E-state index contributed by atoms with van der Waals surface area (Å²) in [5.74, 6) is 0.191. The van der Waals surface area contributed by atoms with Crippen LogP contribution in [0.5, 0.6) is 0 Å². The number of carbonyl (C=O) groups excluding carboxylic acids is 1. The second-order valence-corrected chi connectivity index (χ2v) is 7.30. The van der Waals surface area contributed by atoms with Crippen molar-refractivity contribution in [2.45, 2.75) is 43.9 Å². The summed E-state index contributed by atoms with van der Waals surface area (Å²) in [5, 5.41) is 1.22. The highest BCUT2D eigenvalue weighted by atomic mass is 32.2. The van der Waals surface area contributed by atoms with Gasteiger partial charge in [0.2, 0.25) is 0 Å². The zero-order valence-electron chi connectivity index (χ0n) is 11.7. The minimum absolute atomic E-state index is 0.191. The maximum absolute atomic E-state index is 12.5. The monoisotopic (exact) mass is 281 g/mol. The fourth-order valence-corrected chi connectivity index (χ4v) is 4.17. The number of aliphatic imine (C=N–C) groups is 1. The maximum Gasteiger partial charge on any atom is 0.278 e. The summed E-state index contributed by atoms with van der Waals surface area (Å²) in [6.07, 6.45) is 4.95. The van der Waals surface area contributed by atoms with Crippen molar-refractivity contribution in [1.29, 1.82) is 0 Å². The van der Waals surface area contributed by atoms with E-state index in [1.165, 1.54) is 25.9 Å². The van der Waals surface area contributed by atoms with Crippen LogP contribution >= 0.6 is 11.8 Å². The molecule has 3 aliphatic heterocycles. The minimum atomic E-state index is 0.191. The average molecular weight is 281 g/mol. The molecule has 0 spiro atoms. The molecule has 0 N–H and O–H groups in total. The number of hydrogen-bond donors (Lipinski definition) is 0. The van der Waals surface area contributed by atoms with Gasteiger partial charge in [0.1, 0.15) is 0 Å². The molecule has 19 heavy (non-hydrogen) atoms. The molecule has 4 nitrogen and oxygen atoms in total. The van der Waals surface area contributed by atoms with Crippen LogP contribution in [0.2, 0.25) is 0 Å². The van der Waals surface area contributed by atoms with E-state index in [-0.39, 0.29) is 5.91 Å². The first-order valence-corrected chi connectivity index (χ1v) is 8.36. The molecule has 2 fully saturated rings. The summed E-state index contributed by atoms with van der Waals surface area (Å²) >= 11 is 1.65. The highest BCUT2D eigenvalue weighted by molar-refractivity contribution is 8.16. The van der Waals surface area contributed by atoms with E-state index in [2.05, 4.69) is 21.7 Å². The van der Waals surface area contributed by atoms with Crippen LogP contribution in [0.4, 0.5) is 0 Å². The van der Waals surface area contributed by atoms with Crippen molar-refractivity contribution in [2.24, 2.45) is 4.99 Å². The van der Waals surface area contributed by atoms with Gasteiger partial charge in [-0.15, -0.1) is 0 Å². The first kappa shape index (κ1) is 13.4. The predicted molar refractivity (Wildman–Crippen MR) is 79.8 cm³/mol. The highest BCUT2D eigenvalue weighted by Gasteiger charge is 2.34. The third kappa shape index (κ3) is 2.97. The first-order chi connectivity index (χ1) is 9.24. The maximum atomic E-state index is 12.5. The molecule has 0 aromatic carbocycles. The molecule has 0 aliphatic carbocycles. The molecule has 0 aromatic heterocycles. The Hall–Kier alpha value is -0.550. The lowest BCUT2D eigenvalue weighted by Crippen LogP contribution is -2.44. The van der Waals surface area contributed by atoms with Crippen LogP contribution in [-0.4, -0.2) is 64.8 Å². The number of hydrogen-bond acceptors (Lipinski definition) is 4. The third-order valence-electron chi connectivity index (χ3n) is 4.29. The summed E-state index contributed by atoms with van der Waals surface area (Å²) in [6, 6.07) is 0.421. The number of nitrogens with zero attached hydrogens (tertiary/aromatic N) is 3. The van der Waals surface area contributed by atoms with Gasteiger partial charge in [-0.25, -0.2) is 0 Å². The molecular weight excluding hydrogens is 258 g/mol. The smallest absolute Gasteiger partial charge is 0.278 e. The predicted octanol–water partition coefficient (Wildman–Crippen LogP) is 1.61. The van der Waals surface area contributed by atoms with E-state index in [1.54, 1.807) is 11.8 Å². The van der Waals surface area contributed by atoms with Crippen molar-refractivity contribution in [3.63, 3.8) is 0 Å². The van der Waals surface area contributed by atoms with Crippen molar-refractivity contribution in [1.82, 2.24) is 9.80 Å². The Morgan fingerprint density at radius 3 is 2.79 bits per heavy atom. The molecule has 0 aromatic rings. The second-order valence-electron chi connectivity index (χ2n) is 5.88. The number of likely N-dealkylation sites (tertiary alicyclic amines) is 2. The van der Waals surface area contributed by atoms with Gasteiger partial charge in [-0.1, -0.05) is 18.7 Å². The fraction of sp³-hybridized carbons (Fsp3) is 0.857. The molecule has 3 rings (SSSR count). The number of amides is 1. The Balaban J connectivity index is 1.60. The molecule has 1 unspecified atom stereocenters. The Kier molecular flexibility index (Phi) is 4.12. The van der Waals surface area contributed by atoms with Gasteiger partial charge in [0.15, 0.2) is 5.04 Å². The van der Waals surface area contributed by atoms with Crippen molar-refractivity contribution < 1.29 is 4.79 Å². The van der Waals surface area contributed by atoms with Gasteiger partial charge < -0.3 is 9.80 Å². The Morgan fingerprint density at radius 1 is 1.32 bits per heavy atom. The van der Waals surface area contributed by atoms with E-state index in [1.807, 2.05) is 0 Å². The lowest BCUT2D eigenvalue weighted by molar-refractivity contribution is -0.124. The van der Waals surface area contributed by atoms with Crippen LogP contribution in [0.1, 0.15) is 32.6 Å². The van der Waals surface area contributed by atoms with Crippen LogP contribution < -0.4 is 0 Å². The number of carbonyl (C=O) groups is 1. The third-order valence-corrected chi connectivity index (χ3v) is 5.37. The zero-order valence-corrected chi connectivity index (χ0v) is 12.5. The van der Waals surface area contributed by atoms with Crippen LogP contribution in [0, 0.1) is 0 Å². The van der Waals surface area contributed by atoms with Gasteiger partial charge >= 0.3 is 0 Å². The highest BCUT2D eigenvalue weighted by Crippen LogP contribution is 2.26. The van der Waals surface area contributed by atoms with E-state index in [0.717, 1.165) is 37.5 Å². The van der Waals surface area contributed by atoms with Crippen LogP contribution in [0.3, 0.4) is 0 Å². The van der Waals surface area contributed by atoms with Gasteiger partial charge in [-0.2, -0.15) is 0 Å². The molecular formula is C14H23N3OS. The van der Waals surface area contributed by atoms with E-state index >= 15 is 0 Å². The molecule has 3 aliphatic rings. The van der Waals surface area contributed by atoms with Crippen LogP contribution in [0.15, 0.2) is 4.99 Å². The molecule has 106 valence electrons. The average Bonchev–Trinajstić information content (AvgIpc) is 3.10. The van der Waals surface area contributed by atoms with Gasteiger partial charge in [0, 0.05) is 24.4 Å².